The summed E-state index contributed by atoms with van der Waals surface area (Å²) in [6.07, 6.45) is 1.12. The van der Waals surface area contributed by atoms with Gasteiger partial charge in [0.1, 0.15) is 0 Å². The zero-order chi connectivity index (χ0) is 13.1. The molecule has 0 aliphatic heterocycles. The van der Waals surface area contributed by atoms with Crippen LogP contribution >= 0.6 is 35.6 Å². The molecule has 1 unspecified atom stereocenters. The fourth-order valence-corrected chi connectivity index (χ4v) is 3.41. The summed E-state index contributed by atoms with van der Waals surface area (Å²) in [6.45, 7) is 4.40. The first-order valence-corrected chi connectivity index (χ1v) is 8.05. The van der Waals surface area contributed by atoms with Crippen LogP contribution in [0.1, 0.15) is 26.3 Å². The van der Waals surface area contributed by atoms with E-state index in [1.54, 1.807) is 0 Å². The molecule has 1 atom stereocenters. The van der Waals surface area contributed by atoms with Gasteiger partial charge in [0.25, 0.3) is 0 Å². The number of aromatic nitrogens is 2. The van der Waals surface area contributed by atoms with Gasteiger partial charge in [0.15, 0.2) is 4.77 Å². The van der Waals surface area contributed by atoms with Crippen molar-refractivity contribution in [2.75, 3.05) is 11.5 Å². The minimum Gasteiger partial charge on any atom is -0.331 e. The van der Waals surface area contributed by atoms with Crippen LogP contribution in [0.5, 0.6) is 0 Å². The van der Waals surface area contributed by atoms with Gasteiger partial charge in [-0.3, -0.25) is 0 Å². The molecule has 0 radical (unpaired) electrons. The van der Waals surface area contributed by atoms with E-state index in [4.69, 9.17) is 23.8 Å². The summed E-state index contributed by atoms with van der Waals surface area (Å²) in [6, 6.07) is 6.24. The van der Waals surface area contributed by atoms with Crippen molar-refractivity contribution in [2.45, 2.75) is 26.3 Å². The maximum Gasteiger partial charge on any atom is 0.178 e. The van der Waals surface area contributed by atoms with E-state index in [1.807, 2.05) is 30.0 Å². The second kappa shape index (κ2) is 6.13. The van der Waals surface area contributed by atoms with Gasteiger partial charge >= 0.3 is 0 Å². The molecular weight excluding hydrogens is 284 g/mol. The highest BCUT2D eigenvalue weighted by Crippen LogP contribution is 2.24. The molecule has 0 fully saturated rings. The van der Waals surface area contributed by atoms with E-state index in [0.29, 0.717) is 6.04 Å². The van der Waals surface area contributed by atoms with E-state index in [9.17, 15) is 0 Å². The molecule has 0 saturated heterocycles. The molecular formula is C13H17ClN2S2. The fourth-order valence-electron chi connectivity index (χ4n) is 2.06. The predicted octanol–water partition coefficient (Wildman–Crippen LogP) is 5.06. The Labute approximate surface area is 122 Å². The van der Waals surface area contributed by atoms with E-state index in [1.165, 1.54) is 0 Å². The van der Waals surface area contributed by atoms with Crippen LogP contribution in [-0.2, 0) is 0 Å². The lowest BCUT2D eigenvalue weighted by atomic mass is 10.2. The molecule has 0 spiro atoms. The van der Waals surface area contributed by atoms with Crippen molar-refractivity contribution in [2.24, 2.45) is 0 Å². The molecule has 0 bridgehead atoms. The quantitative estimate of drug-likeness (QED) is 0.615. The van der Waals surface area contributed by atoms with Crippen LogP contribution in [0.3, 0.4) is 0 Å². The van der Waals surface area contributed by atoms with Gasteiger partial charge in [0.05, 0.1) is 11.0 Å². The maximum absolute atomic E-state index is 6.07. The average molecular weight is 301 g/mol. The number of nitrogens with zero attached hydrogens (tertiary/aromatic N) is 1. The largest absolute Gasteiger partial charge is 0.331 e. The van der Waals surface area contributed by atoms with Gasteiger partial charge in [-0.1, -0.05) is 18.5 Å². The highest BCUT2D eigenvalue weighted by Gasteiger charge is 2.11. The number of thioether (sulfide) groups is 1. The first-order valence-electron chi connectivity index (χ1n) is 6.11. The van der Waals surface area contributed by atoms with Crippen LogP contribution in [0.25, 0.3) is 11.0 Å². The Bertz CT molecular complexity index is 588. The number of fused-ring (bicyclic) bond motifs is 1. The third-order valence-corrected chi connectivity index (χ3v) is 4.47. The molecule has 0 aliphatic rings. The Balaban J connectivity index is 2.34. The minimum atomic E-state index is 0.392. The van der Waals surface area contributed by atoms with E-state index in [-0.39, 0.29) is 0 Å². The normalized spacial score (nSPS) is 13.1. The summed E-state index contributed by atoms with van der Waals surface area (Å²) in [7, 11) is 0. The Hall–Kier alpha value is -0.450. The molecule has 0 aliphatic carbocycles. The van der Waals surface area contributed by atoms with Crippen LogP contribution in [0.15, 0.2) is 18.2 Å². The summed E-state index contributed by atoms with van der Waals surface area (Å²) in [5.74, 6) is 2.32. The number of rotatable bonds is 5. The van der Waals surface area contributed by atoms with Gasteiger partial charge in [0, 0.05) is 11.1 Å². The highest BCUT2D eigenvalue weighted by atomic mass is 35.5. The maximum atomic E-state index is 6.07. The second-order valence-corrected chi connectivity index (χ2v) is 6.51. The summed E-state index contributed by atoms with van der Waals surface area (Å²) in [5.41, 5.74) is 2.15. The molecule has 1 aromatic carbocycles. The van der Waals surface area contributed by atoms with Gasteiger partial charge in [-0.15, -0.1) is 0 Å². The Kier molecular flexibility index (Phi) is 4.76. The molecule has 18 heavy (non-hydrogen) atoms. The molecule has 2 rings (SSSR count). The van der Waals surface area contributed by atoms with Crippen LogP contribution in [0, 0.1) is 4.77 Å². The summed E-state index contributed by atoms with van der Waals surface area (Å²) in [5, 5.41) is 0.750. The lowest BCUT2D eigenvalue weighted by Crippen LogP contribution is -2.06. The van der Waals surface area contributed by atoms with Crippen LogP contribution in [0.2, 0.25) is 5.02 Å². The summed E-state index contributed by atoms with van der Waals surface area (Å²) in [4.78, 5) is 3.24. The monoisotopic (exact) mass is 300 g/mol. The van der Waals surface area contributed by atoms with E-state index >= 15 is 0 Å². The zero-order valence-electron chi connectivity index (χ0n) is 10.6. The molecule has 2 nitrogen and oxygen atoms in total. The first kappa shape index (κ1) is 14.0. The number of aromatic amines is 1. The van der Waals surface area contributed by atoms with Gasteiger partial charge in [-0.05, 0) is 55.3 Å². The summed E-state index contributed by atoms with van der Waals surface area (Å²) < 4.78 is 2.95. The molecule has 1 N–H and O–H groups in total. The third kappa shape index (κ3) is 2.92. The molecule has 1 heterocycles. The topological polar surface area (TPSA) is 20.7 Å². The van der Waals surface area contributed by atoms with Crippen molar-refractivity contribution in [3.8, 4) is 0 Å². The van der Waals surface area contributed by atoms with Crippen LogP contribution in [-0.4, -0.2) is 21.1 Å². The van der Waals surface area contributed by atoms with E-state index in [0.717, 1.165) is 38.8 Å². The molecule has 1 aromatic heterocycles. The minimum absolute atomic E-state index is 0.392. The Morgan fingerprint density at radius 3 is 3.00 bits per heavy atom. The highest BCUT2D eigenvalue weighted by molar-refractivity contribution is 7.99. The molecule has 2 aromatic rings. The van der Waals surface area contributed by atoms with Crippen molar-refractivity contribution < 1.29 is 0 Å². The number of hydrogen-bond acceptors (Lipinski definition) is 2. The van der Waals surface area contributed by atoms with Crippen molar-refractivity contribution in [1.82, 2.24) is 9.55 Å². The van der Waals surface area contributed by atoms with Gasteiger partial charge < -0.3 is 9.55 Å². The van der Waals surface area contributed by atoms with Gasteiger partial charge in [0.2, 0.25) is 0 Å². The Morgan fingerprint density at radius 1 is 1.50 bits per heavy atom. The molecule has 98 valence electrons. The number of nitrogens with one attached hydrogen (secondary N) is 1. The molecule has 5 heteroatoms. The lowest BCUT2D eigenvalue weighted by molar-refractivity contribution is 0.543. The van der Waals surface area contributed by atoms with Crippen molar-refractivity contribution >= 4 is 46.6 Å². The van der Waals surface area contributed by atoms with E-state index < -0.39 is 0 Å². The lowest BCUT2D eigenvalue weighted by Gasteiger charge is -2.14. The van der Waals surface area contributed by atoms with Crippen molar-refractivity contribution in [3.05, 3.63) is 28.0 Å². The first-order chi connectivity index (χ1) is 8.63. The summed E-state index contributed by atoms with van der Waals surface area (Å²) >= 11 is 13.4. The SMILES string of the molecule is CCSCCC(C)n1c(=S)[nH]c2ccc(Cl)cc21. The van der Waals surface area contributed by atoms with E-state index in [2.05, 4.69) is 23.4 Å². The van der Waals surface area contributed by atoms with Crippen LogP contribution < -0.4 is 0 Å². The van der Waals surface area contributed by atoms with Crippen molar-refractivity contribution in [1.29, 1.82) is 0 Å². The number of imidazole rings is 1. The third-order valence-electron chi connectivity index (χ3n) is 3.00. The number of halogens is 1. The zero-order valence-corrected chi connectivity index (χ0v) is 13.0. The fraction of sp³-hybridized carbons (Fsp3) is 0.462. The number of H-pyrrole nitrogens is 1. The molecule has 0 amide bonds. The molecule has 0 saturated carbocycles. The van der Waals surface area contributed by atoms with Crippen LogP contribution in [0.4, 0.5) is 0 Å². The average Bonchev–Trinajstić information content (AvgIpc) is 2.64. The van der Waals surface area contributed by atoms with Gasteiger partial charge in [-0.2, -0.15) is 11.8 Å². The Morgan fingerprint density at radius 2 is 2.28 bits per heavy atom. The number of benzene rings is 1. The standard InChI is InChI=1S/C13H17ClN2S2/c1-3-18-7-6-9(2)16-12-8-10(14)4-5-11(12)15-13(16)17/h4-5,8-9H,3,6-7H2,1-2H3,(H,15,17). The predicted molar refractivity (Wildman–Crippen MR) is 84.5 cm³/mol. The van der Waals surface area contributed by atoms with Crippen molar-refractivity contribution in [3.63, 3.8) is 0 Å². The smallest absolute Gasteiger partial charge is 0.178 e. The number of hydrogen-bond donors (Lipinski definition) is 1. The van der Waals surface area contributed by atoms with Gasteiger partial charge in [-0.25, -0.2) is 0 Å². The second-order valence-electron chi connectivity index (χ2n) is 4.30.